The predicted molar refractivity (Wildman–Crippen MR) is 114 cm³/mol. The third-order valence-corrected chi connectivity index (χ3v) is 7.27. The molecule has 0 bridgehead atoms. The molecule has 0 unspecified atom stereocenters. The normalized spacial score (nSPS) is 28.7. The van der Waals surface area contributed by atoms with Gasteiger partial charge < -0.3 is 0 Å². The molecule has 0 nitrogen and oxygen atoms in total. The minimum atomic E-state index is -0.733. The molecule has 2 saturated carbocycles. The number of rotatable bonds is 8. The number of hydrogen-bond acceptors (Lipinski definition) is 0. The quantitative estimate of drug-likeness (QED) is 0.309. The lowest BCUT2D eigenvalue weighted by Gasteiger charge is -2.31. The number of allylic oxidation sites excluding steroid dienone is 2. The first-order valence-electron chi connectivity index (χ1n) is 11.8. The first kappa shape index (κ1) is 21.5. The van der Waals surface area contributed by atoms with Gasteiger partial charge in [0.05, 0.1) is 0 Å². The van der Waals surface area contributed by atoms with Crippen molar-refractivity contribution >= 4 is 0 Å². The standard InChI is InChI=1S/C26H38F2/c1-2-3-4-5-6-20-7-9-21(10-8-20)11-12-22-13-15-23(16-14-22)24-17-18-25(27)26(28)19-24/h5-6,17-23H,2-4,7-16H2,1H3/b6-5+. The van der Waals surface area contributed by atoms with Gasteiger partial charge in [-0.05, 0) is 99.2 Å². The van der Waals surface area contributed by atoms with Gasteiger partial charge in [0.15, 0.2) is 11.6 Å². The molecule has 0 saturated heterocycles. The van der Waals surface area contributed by atoms with Crippen molar-refractivity contribution in [2.45, 2.75) is 96.3 Å². The van der Waals surface area contributed by atoms with Crippen LogP contribution in [0.5, 0.6) is 0 Å². The van der Waals surface area contributed by atoms with Crippen LogP contribution in [0.2, 0.25) is 0 Å². The van der Waals surface area contributed by atoms with Crippen molar-refractivity contribution in [3.05, 3.63) is 47.5 Å². The van der Waals surface area contributed by atoms with E-state index in [0.29, 0.717) is 5.92 Å². The first-order chi connectivity index (χ1) is 13.7. The SMILES string of the molecule is CCCC/C=C/C1CCC(CCC2CCC(c3ccc(F)c(F)c3)CC2)CC1. The van der Waals surface area contributed by atoms with Crippen LogP contribution in [0.1, 0.15) is 102 Å². The van der Waals surface area contributed by atoms with E-state index >= 15 is 0 Å². The monoisotopic (exact) mass is 388 g/mol. The maximum atomic E-state index is 13.5. The highest BCUT2D eigenvalue weighted by Crippen LogP contribution is 2.40. The summed E-state index contributed by atoms with van der Waals surface area (Å²) < 4.78 is 26.6. The molecule has 28 heavy (non-hydrogen) atoms. The molecule has 1 aromatic rings. The smallest absolute Gasteiger partial charge is 0.159 e. The van der Waals surface area contributed by atoms with E-state index in [4.69, 9.17) is 0 Å². The Labute approximate surface area is 170 Å². The lowest BCUT2D eigenvalue weighted by atomic mass is 9.74. The minimum Gasteiger partial charge on any atom is -0.204 e. The van der Waals surface area contributed by atoms with Crippen LogP contribution in [0.15, 0.2) is 30.4 Å². The summed E-state index contributed by atoms with van der Waals surface area (Å²) in [4.78, 5) is 0. The van der Waals surface area contributed by atoms with Crippen molar-refractivity contribution in [3.8, 4) is 0 Å². The topological polar surface area (TPSA) is 0 Å². The number of halogens is 2. The van der Waals surface area contributed by atoms with E-state index < -0.39 is 11.6 Å². The van der Waals surface area contributed by atoms with Crippen LogP contribution in [0.25, 0.3) is 0 Å². The van der Waals surface area contributed by atoms with E-state index in [9.17, 15) is 8.78 Å². The fourth-order valence-electron chi connectivity index (χ4n) is 5.30. The van der Waals surface area contributed by atoms with Crippen LogP contribution in [-0.2, 0) is 0 Å². The van der Waals surface area contributed by atoms with Crippen molar-refractivity contribution in [2.24, 2.45) is 17.8 Å². The molecule has 0 amide bonds. The van der Waals surface area contributed by atoms with Crippen LogP contribution in [0.4, 0.5) is 8.78 Å². The van der Waals surface area contributed by atoms with Crippen molar-refractivity contribution in [1.29, 1.82) is 0 Å². The molecule has 0 aromatic heterocycles. The van der Waals surface area contributed by atoms with E-state index in [1.54, 1.807) is 6.07 Å². The van der Waals surface area contributed by atoms with Crippen molar-refractivity contribution < 1.29 is 8.78 Å². The molecule has 0 aliphatic heterocycles. The van der Waals surface area contributed by atoms with Crippen molar-refractivity contribution in [2.75, 3.05) is 0 Å². The number of unbranched alkanes of at least 4 members (excludes halogenated alkanes) is 2. The molecule has 0 spiro atoms. The molecule has 0 N–H and O–H groups in total. The summed E-state index contributed by atoms with van der Waals surface area (Å²) >= 11 is 0. The summed E-state index contributed by atoms with van der Waals surface area (Å²) in [5, 5.41) is 0. The summed E-state index contributed by atoms with van der Waals surface area (Å²) in [5.41, 5.74) is 0.989. The van der Waals surface area contributed by atoms with E-state index in [2.05, 4.69) is 19.1 Å². The second kappa shape index (κ2) is 11.1. The van der Waals surface area contributed by atoms with Gasteiger partial charge in [0.2, 0.25) is 0 Å². The molecule has 2 aliphatic rings. The Morgan fingerprint density at radius 2 is 1.50 bits per heavy atom. The average Bonchev–Trinajstić information content (AvgIpc) is 2.73. The fraction of sp³-hybridized carbons (Fsp3) is 0.692. The van der Waals surface area contributed by atoms with Gasteiger partial charge in [0.1, 0.15) is 0 Å². The second-order valence-corrected chi connectivity index (χ2v) is 9.32. The maximum absolute atomic E-state index is 13.5. The van der Waals surface area contributed by atoms with Crippen LogP contribution >= 0.6 is 0 Å². The zero-order chi connectivity index (χ0) is 19.8. The molecule has 3 rings (SSSR count). The highest BCUT2D eigenvalue weighted by atomic mass is 19.2. The Morgan fingerprint density at radius 3 is 2.11 bits per heavy atom. The van der Waals surface area contributed by atoms with Gasteiger partial charge in [-0.25, -0.2) is 8.78 Å². The molecule has 2 heteroatoms. The van der Waals surface area contributed by atoms with E-state index in [1.165, 1.54) is 82.8 Å². The molecule has 156 valence electrons. The predicted octanol–water partition coefficient (Wildman–Crippen LogP) is 8.57. The van der Waals surface area contributed by atoms with Gasteiger partial charge in [-0.1, -0.05) is 50.8 Å². The van der Waals surface area contributed by atoms with Crippen LogP contribution in [-0.4, -0.2) is 0 Å². The van der Waals surface area contributed by atoms with Crippen molar-refractivity contribution in [3.63, 3.8) is 0 Å². The Kier molecular flexibility index (Phi) is 8.55. The third kappa shape index (κ3) is 6.42. The lowest BCUT2D eigenvalue weighted by Crippen LogP contribution is -2.17. The first-order valence-corrected chi connectivity index (χ1v) is 11.8. The van der Waals surface area contributed by atoms with Crippen molar-refractivity contribution in [1.82, 2.24) is 0 Å². The Hall–Kier alpha value is -1.18. The van der Waals surface area contributed by atoms with Gasteiger partial charge in [0, 0.05) is 0 Å². The van der Waals surface area contributed by atoms with Gasteiger partial charge in [-0.15, -0.1) is 0 Å². The van der Waals surface area contributed by atoms with Crippen LogP contribution in [0, 0.1) is 29.4 Å². The highest BCUT2D eigenvalue weighted by Gasteiger charge is 2.25. The molecule has 1 aromatic carbocycles. The summed E-state index contributed by atoms with van der Waals surface area (Å²) in [7, 11) is 0. The molecular formula is C26H38F2. The minimum absolute atomic E-state index is 0.418. The molecular weight excluding hydrogens is 350 g/mol. The van der Waals surface area contributed by atoms with Gasteiger partial charge >= 0.3 is 0 Å². The number of benzene rings is 1. The Balaban J connectivity index is 1.33. The summed E-state index contributed by atoms with van der Waals surface area (Å²) in [6, 6.07) is 4.47. The summed E-state index contributed by atoms with van der Waals surface area (Å²) in [6.07, 6.45) is 21.9. The molecule has 2 aliphatic carbocycles. The average molecular weight is 389 g/mol. The maximum Gasteiger partial charge on any atom is 0.159 e. The molecule has 0 atom stereocenters. The van der Waals surface area contributed by atoms with Crippen LogP contribution in [0.3, 0.4) is 0 Å². The molecule has 0 heterocycles. The lowest BCUT2D eigenvalue weighted by molar-refractivity contribution is 0.246. The van der Waals surface area contributed by atoms with Gasteiger partial charge in [0.25, 0.3) is 0 Å². The summed E-state index contributed by atoms with van der Waals surface area (Å²) in [5.74, 6) is 1.59. The molecule has 2 fully saturated rings. The van der Waals surface area contributed by atoms with Gasteiger partial charge in [-0.3, -0.25) is 0 Å². The van der Waals surface area contributed by atoms with E-state index in [0.717, 1.165) is 36.2 Å². The number of hydrogen-bond donors (Lipinski definition) is 0. The third-order valence-electron chi connectivity index (χ3n) is 7.27. The highest BCUT2D eigenvalue weighted by molar-refractivity contribution is 5.22. The second-order valence-electron chi connectivity index (χ2n) is 9.32. The Morgan fingerprint density at radius 1 is 0.857 bits per heavy atom. The molecule has 0 radical (unpaired) electrons. The van der Waals surface area contributed by atoms with E-state index in [-0.39, 0.29) is 0 Å². The zero-order valence-electron chi connectivity index (χ0n) is 17.6. The van der Waals surface area contributed by atoms with Crippen LogP contribution < -0.4 is 0 Å². The summed E-state index contributed by atoms with van der Waals surface area (Å²) in [6.45, 7) is 2.26. The van der Waals surface area contributed by atoms with E-state index in [1.807, 2.05) is 0 Å². The zero-order valence-corrected chi connectivity index (χ0v) is 17.6. The largest absolute Gasteiger partial charge is 0.204 e. The van der Waals surface area contributed by atoms with Gasteiger partial charge in [-0.2, -0.15) is 0 Å². The Bertz CT molecular complexity index is 605. The fourth-order valence-corrected chi connectivity index (χ4v) is 5.30.